The van der Waals surface area contributed by atoms with Crippen LogP contribution >= 0.6 is 11.6 Å². The zero-order chi connectivity index (χ0) is 24.2. The number of hydrogen-bond donors (Lipinski definition) is 3. The van der Waals surface area contributed by atoms with E-state index in [1.54, 1.807) is 56.7 Å². The van der Waals surface area contributed by atoms with E-state index in [-0.39, 0.29) is 0 Å². The number of benzene rings is 2. The molecule has 33 heavy (non-hydrogen) atoms. The topological polar surface area (TPSA) is 105 Å². The van der Waals surface area contributed by atoms with Crippen LogP contribution in [0.1, 0.15) is 38.2 Å². The Kier molecular flexibility index (Phi) is 7.28. The summed E-state index contributed by atoms with van der Waals surface area (Å²) >= 11 is 6.61. The quantitative estimate of drug-likeness (QED) is 0.432. The van der Waals surface area contributed by atoms with Crippen LogP contribution in [-0.4, -0.2) is 32.4 Å². The number of nitrogens with one attached hydrogen (secondary N) is 2. The molecule has 0 unspecified atom stereocenters. The first-order valence-electron chi connectivity index (χ1n) is 10.4. The largest absolute Gasteiger partial charge is 0.465 e. The van der Waals surface area contributed by atoms with E-state index in [0.717, 1.165) is 5.56 Å². The van der Waals surface area contributed by atoms with E-state index in [4.69, 9.17) is 26.4 Å². The molecule has 0 saturated heterocycles. The molecule has 3 N–H and O–H groups in total. The molecule has 0 saturated carbocycles. The molecule has 9 heteroatoms. The van der Waals surface area contributed by atoms with Gasteiger partial charge in [0.15, 0.2) is 0 Å². The molecular weight excluding hydrogens is 444 g/mol. The van der Waals surface area contributed by atoms with Gasteiger partial charge >= 0.3 is 12.2 Å². The van der Waals surface area contributed by atoms with E-state index in [2.05, 4.69) is 10.6 Å². The standard InChI is InChI=1S/C24H27ClN4O4/c1-24(2,3)33-23(32)27-18(14-15-8-6-5-7-9-15)21-28-19(20(25)29(21)4)16-10-12-17(13-11-16)26-22(30)31/h5-13,18,26H,14H2,1-4H3,(H,27,32)(H,30,31)/t18-/m0/s1. The van der Waals surface area contributed by atoms with Crippen molar-refractivity contribution in [2.45, 2.75) is 38.8 Å². The maximum atomic E-state index is 12.6. The number of amides is 2. The fourth-order valence-corrected chi connectivity index (χ4v) is 3.57. The predicted molar refractivity (Wildman–Crippen MR) is 128 cm³/mol. The monoisotopic (exact) mass is 470 g/mol. The molecule has 0 bridgehead atoms. The van der Waals surface area contributed by atoms with Crippen LogP contribution in [0.15, 0.2) is 54.6 Å². The van der Waals surface area contributed by atoms with Gasteiger partial charge in [-0.25, -0.2) is 14.6 Å². The summed E-state index contributed by atoms with van der Waals surface area (Å²) in [5.74, 6) is 0.567. The van der Waals surface area contributed by atoms with Gasteiger partial charge in [-0.1, -0.05) is 54.1 Å². The molecule has 0 aliphatic rings. The van der Waals surface area contributed by atoms with E-state index < -0.39 is 23.8 Å². The van der Waals surface area contributed by atoms with Crippen molar-refractivity contribution in [2.24, 2.45) is 7.05 Å². The molecule has 0 spiro atoms. The van der Waals surface area contributed by atoms with Crippen LogP contribution in [0, 0.1) is 0 Å². The van der Waals surface area contributed by atoms with Crippen LogP contribution in [0.3, 0.4) is 0 Å². The van der Waals surface area contributed by atoms with Crippen molar-refractivity contribution in [2.75, 3.05) is 5.32 Å². The van der Waals surface area contributed by atoms with Gasteiger partial charge in [0.2, 0.25) is 0 Å². The van der Waals surface area contributed by atoms with Crippen LogP contribution in [0.5, 0.6) is 0 Å². The van der Waals surface area contributed by atoms with Crippen LogP contribution in [-0.2, 0) is 18.2 Å². The third-order valence-corrected chi connectivity index (χ3v) is 5.19. The molecule has 8 nitrogen and oxygen atoms in total. The first kappa shape index (κ1) is 24.1. The van der Waals surface area contributed by atoms with Gasteiger partial charge in [0.1, 0.15) is 22.3 Å². The maximum absolute atomic E-state index is 12.6. The molecule has 2 aromatic carbocycles. The maximum Gasteiger partial charge on any atom is 0.409 e. The molecule has 1 heterocycles. The van der Waals surface area contributed by atoms with Crippen molar-refractivity contribution < 1.29 is 19.4 Å². The molecular formula is C24H27ClN4O4. The summed E-state index contributed by atoms with van der Waals surface area (Å²) in [6.45, 7) is 5.41. The lowest BCUT2D eigenvalue weighted by atomic mass is 10.1. The second-order valence-electron chi connectivity index (χ2n) is 8.56. The highest BCUT2D eigenvalue weighted by Gasteiger charge is 2.26. The summed E-state index contributed by atoms with van der Waals surface area (Å²) in [7, 11) is 1.78. The van der Waals surface area contributed by atoms with E-state index in [1.807, 2.05) is 30.3 Å². The first-order valence-corrected chi connectivity index (χ1v) is 10.8. The van der Waals surface area contributed by atoms with Crippen molar-refractivity contribution in [3.05, 3.63) is 71.1 Å². The minimum atomic E-state index is -1.14. The van der Waals surface area contributed by atoms with Gasteiger partial charge in [0, 0.05) is 24.7 Å². The molecule has 3 rings (SSSR count). The molecule has 1 atom stereocenters. The lowest BCUT2D eigenvalue weighted by molar-refractivity contribution is 0.0500. The van der Waals surface area contributed by atoms with Crippen LogP contribution in [0.25, 0.3) is 11.3 Å². The summed E-state index contributed by atoms with van der Waals surface area (Å²) in [6, 6.07) is 16.0. The van der Waals surface area contributed by atoms with Crippen molar-refractivity contribution >= 4 is 29.5 Å². The van der Waals surface area contributed by atoms with Gasteiger partial charge in [0.05, 0.1) is 6.04 Å². The summed E-state index contributed by atoms with van der Waals surface area (Å²) in [4.78, 5) is 28.1. The SMILES string of the molecule is Cn1c([C@H](Cc2ccccc2)NC(=O)OC(C)(C)C)nc(-c2ccc(NC(=O)O)cc2)c1Cl. The third kappa shape index (κ3) is 6.49. The Morgan fingerprint density at radius 2 is 1.76 bits per heavy atom. The number of carbonyl (C=O) groups excluding carboxylic acids is 1. The number of carbonyl (C=O) groups is 2. The number of aromatic nitrogens is 2. The molecule has 2 amide bonds. The second kappa shape index (κ2) is 9.95. The molecule has 174 valence electrons. The Bertz CT molecular complexity index is 1120. The number of alkyl carbamates (subject to hydrolysis) is 1. The Morgan fingerprint density at radius 1 is 1.12 bits per heavy atom. The highest BCUT2D eigenvalue weighted by atomic mass is 35.5. The number of anilines is 1. The summed E-state index contributed by atoms with van der Waals surface area (Å²) in [5, 5.41) is 14.5. The van der Waals surface area contributed by atoms with Gasteiger partial charge < -0.3 is 19.7 Å². The van der Waals surface area contributed by atoms with E-state index >= 15 is 0 Å². The predicted octanol–water partition coefficient (Wildman–Crippen LogP) is 5.64. The number of imidazole rings is 1. The third-order valence-electron chi connectivity index (χ3n) is 4.75. The number of nitrogens with zero attached hydrogens (tertiary/aromatic N) is 2. The van der Waals surface area contributed by atoms with Crippen molar-refractivity contribution in [3.63, 3.8) is 0 Å². The average molecular weight is 471 g/mol. The Morgan fingerprint density at radius 3 is 2.33 bits per heavy atom. The zero-order valence-corrected chi connectivity index (χ0v) is 19.7. The van der Waals surface area contributed by atoms with E-state index in [1.165, 1.54) is 0 Å². The summed E-state index contributed by atoms with van der Waals surface area (Å²) < 4.78 is 7.19. The highest BCUT2D eigenvalue weighted by Crippen LogP contribution is 2.31. The Hall–Kier alpha value is -3.52. The number of ether oxygens (including phenoxy) is 1. The van der Waals surface area contributed by atoms with Crippen LogP contribution in [0.4, 0.5) is 15.3 Å². The van der Waals surface area contributed by atoms with Crippen LogP contribution < -0.4 is 10.6 Å². The van der Waals surface area contributed by atoms with Gasteiger partial charge in [-0.2, -0.15) is 0 Å². The molecule has 0 fully saturated rings. The molecule has 0 aliphatic heterocycles. The lowest BCUT2D eigenvalue weighted by Gasteiger charge is -2.23. The molecule has 0 aliphatic carbocycles. The van der Waals surface area contributed by atoms with Crippen molar-refractivity contribution in [1.29, 1.82) is 0 Å². The van der Waals surface area contributed by atoms with Gasteiger partial charge in [-0.05, 0) is 38.5 Å². The summed E-state index contributed by atoms with van der Waals surface area (Å²) in [6.07, 6.45) is -1.20. The fraction of sp³-hybridized carbons (Fsp3) is 0.292. The number of rotatable bonds is 6. The molecule has 3 aromatic rings. The van der Waals surface area contributed by atoms with Crippen molar-refractivity contribution in [1.82, 2.24) is 14.9 Å². The smallest absolute Gasteiger partial charge is 0.409 e. The first-order chi connectivity index (χ1) is 15.5. The van der Waals surface area contributed by atoms with Gasteiger partial charge in [0.25, 0.3) is 0 Å². The minimum Gasteiger partial charge on any atom is -0.465 e. The number of halogens is 1. The Labute approximate surface area is 197 Å². The lowest BCUT2D eigenvalue weighted by Crippen LogP contribution is -2.36. The van der Waals surface area contributed by atoms with E-state index in [0.29, 0.717) is 34.3 Å². The number of carboxylic acid groups (broad SMARTS) is 1. The summed E-state index contributed by atoms with van der Waals surface area (Å²) in [5.41, 5.74) is 2.06. The number of hydrogen-bond acceptors (Lipinski definition) is 4. The second-order valence-corrected chi connectivity index (χ2v) is 8.92. The minimum absolute atomic E-state index is 0.396. The van der Waals surface area contributed by atoms with Gasteiger partial charge in [-0.3, -0.25) is 5.32 Å². The Balaban J connectivity index is 1.94. The average Bonchev–Trinajstić information content (AvgIpc) is 3.02. The normalized spacial score (nSPS) is 12.2. The zero-order valence-electron chi connectivity index (χ0n) is 18.9. The molecule has 0 radical (unpaired) electrons. The highest BCUT2D eigenvalue weighted by molar-refractivity contribution is 6.32. The van der Waals surface area contributed by atoms with Crippen LogP contribution in [0.2, 0.25) is 5.15 Å². The van der Waals surface area contributed by atoms with Crippen molar-refractivity contribution in [3.8, 4) is 11.3 Å². The van der Waals surface area contributed by atoms with E-state index in [9.17, 15) is 9.59 Å². The fourth-order valence-electron chi connectivity index (χ4n) is 3.33. The van der Waals surface area contributed by atoms with Gasteiger partial charge in [-0.15, -0.1) is 0 Å². The molecule has 1 aromatic heterocycles.